The summed E-state index contributed by atoms with van der Waals surface area (Å²) in [6, 6.07) is 7.84. The molecule has 1 aromatic carbocycles. The van der Waals surface area contributed by atoms with E-state index in [0.29, 0.717) is 0 Å². The second-order valence-corrected chi connectivity index (χ2v) is 6.31. The molecule has 1 rings (SSSR count). The summed E-state index contributed by atoms with van der Waals surface area (Å²) in [7, 11) is 1.77. The van der Waals surface area contributed by atoms with Crippen molar-refractivity contribution in [2.45, 2.75) is 36.6 Å². The molecule has 0 aliphatic carbocycles. The molecule has 106 valence electrons. The van der Waals surface area contributed by atoms with E-state index < -0.39 is 5.54 Å². The van der Waals surface area contributed by atoms with Crippen LogP contribution in [0.1, 0.15) is 26.2 Å². The second kappa shape index (κ2) is 7.78. The van der Waals surface area contributed by atoms with Crippen LogP contribution in [0.4, 0.5) is 0 Å². The van der Waals surface area contributed by atoms with Crippen LogP contribution in [0, 0.1) is 0 Å². The van der Waals surface area contributed by atoms with Crippen LogP contribution < -0.4 is 11.1 Å². The molecule has 0 fully saturated rings. The van der Waals surface area contributed by atoms with E-state index in [1.165, 1.54) is 4.90 Å². The number of thioether (sulfide) groups is 1. The van der Waals surface area contributed by atoms with Crippen molar-refractivity contribution in [2.24, 2.45) is 5.73 Å². The highest BCUT2D eigenvalue weighted by Gasteiger charge is 2.27. The number of nitrogens with two attached hydrogens (primary N) is 1. The number of carbonyl (C=O) groups excluding carboxylic acids is 1. The topological polar surface area (TPSA) is 55.1 Å². The van der Waals surface area contributed by atoms with Crippen molar-refractivity contribution in [3.05, 3.63) is 29.3 Å². The van der Waals surface area contributed by atoms with Crippen LogP contribution >= 0.6 is 23.4 Å². The molecular weight excluding hydrogens is 280 g/mol. The Kier molecular flexibility index (Phi) is 6.69. The van der Waals surface area contributed by atoms with Crippen molar-refractivity contribution >= 4 is 29.3 Å². The van der Waals surface area contributed by atoms with Gasteiger partial charge in [-0.15, -0.1) is 11.8 Å². The predicted octanol–water partition coefficient (Wildman–Crippen LogP) is 3.07. The fourth-order valence-corrected chi connectivity index (χ4v) is 2.92. The van der Waals surface area contributed by atoms with Crippen molar-refractivity contribution in [1.82, 2.24) is 5.32 Å². The standard InChI is InChI=1S/C14H21ClN2OS/c1-14(17-2,13(16)18)8-3-4-9-19-12-7-5-6-11(15)10-12/h5-7,10,17H,3-4,8-9H2,1-2H3,(H2,16,18). The third-order valence-electron chi connectivity index (χ3n) is 3.23. The number of rotatable bonds is 8. The molecule has 1 amide bonds. The molecule has 5 heteroatoms. The first kappa shape index (κ1) is 16.3. The molecule has 1 atom stereocenters. The lowest BCUT2D eigenvalue weighted by Gasteiger charge is -2.25. The minimum absolute atomic E-state index is 0.294. The lowest BCUT2D eigenvalue weighted by atomic mass is 9.94. The molecule has 0 saturated carbocycles. The zero-order valence-corrected chi connectivity index (χ0v) is 13.0. The summed E-state index contributed by atoms with van der Waals surface area (Å²) in [6.07, 6.45) is 2.77. The summed E-state index contributed by atoms with van der Waals surface area (Å²) in [5.74, 6) is 0.719. The summed E-state index contributed by atoms with van der Waals surface area (Å²) >= 11 is 7.71. The van der Waals surface area contributed by atoms with Gasteiger partial charge >= 0.3 is 0 Å². The van der Waals surface area contributed by atoms with Gasteiger partial charge in [0, 0.05) is 9.92 Å². The first-order valence-electron chi connectivity index (χ1n) is 6.35. The van der Waals surface area contributed by atoms with Gasteiger partial charge < -0.3 is 11.1 Å². The number of primary amides is 1. The number of amides is 1. The summed E-state index contributed by atoms with van der Waals surface area (Å²) in [5.41, 5.74) is 4.79. The monoisotopic (exact) mass is 300 g/mol. The van der Waals surface area contributed by atoms with Gasteiger partial charge in [0.1, 0.15) is 0 Å². The average Bonchev–Trinajstić information content (AvgIpc) is 2.38. The number of hydrogen-bond donors (Lipinski definition) is 2. The Hall–Kier alpha value is -0.710. The van der Waals surface area contributed by atoms with Crippen LogP contribution in [0.3, 0.4) is 0 Å². The van der Waals surface area contributed by atoms with Crippen molar-refractivity contribution in [1.29, 1.82) is 0 Å². The molecule has 0 heterocycles. The largest absolute Gasteiger partial charge is 0.368 e. The number of halogens is 1. The number of carbonyl (C=O) groups is 1. The third-order valence-corrected chi connectivity index (χ3v) is 4.55. The quantitative estimate of drug-likeness (QED) is 0.573. The molecule has 0 aromatic heterocycles. The minimum atomic E-state index is -0.597. The lowest BCUT2D eigenvalue weighted by Crippen LogP contribution is -2.51. The zero-order valence-electron chi connectivity index (χ0n) is 11.4. The van der Waals surface area contributed by atoms with Crippen LogP contribution in [-0.2, 0) is 4.79 Å². The molecule has 0 radical (unpaired) electrons. The van der Waals surface area contributed by atoms with Crippen molar-refractivity contribution < 1.29 is 4.79 Å². The van der Waals surface area contributed by atoms with Gasteiger partial charge in [0.05, 0.1) is 5.54 Å². The highest BCUT2D eigenvalue weighted by molar-refractivity contribution is 7.99. The van der Waals surface area contributed by atoms with Crippen molar-refractivity contribution in [3.63, 3.8) is 0 Å². The molecule has 1 aromatic rings. The Morgan fingerprint density at radius 2 is 2.21 bits per heavy atom. The van der Waals surface area contributed by atoms with E-state index in [0.717, 1.165) is 30.0 Å². The molecule has 3 N–H and O–H groups in total. The van der Waals surface area contributed by atoms with Crippen molar-refractivity contribution in [3.8, 4) is 0 Å². The van der Waals surface area contributed by atoms with E-state index in [2.05, 4.69) is 11.4 Å². The molecule has 19 heavy (non-hydrogen) atoms. The van der Waals surface area contributed by atoms with E-state index >= 15 is 0 Å². The smallest absolute Gasteiger partial charge is 0.237 e. The molecule has 0 aliphatic heterocycles. The SMILES string of the molecule is CNC(C)(CCCCSc1cccc(Cl)c1)C(N)=O. The molecule has 1 unspecified atom stereocenters. The number of nitrogens with one attached hydrogen (secondary N) is 1. The molecular formula is C14H21ClN2OS. The van der Waals surface area contributed by atoms with Gasteiger partial charge in [0.15, 0.2) is 0 Å². The van der Waals surface area contributed by atoms with E-state index in [1.807, 2.05) is 25.1 Å². The second-order valence-electron chi connectivity index (χ2n) is 4.71. The molecule has 0 spiro atoms. The normalized spacial score (nSPS) is 14.1. The van der Waals surface area contributed by atoms with Gasteiger partial charge in [0.2, 0.25) is 5.91 Å². The average molecular weight is 301 g/mol. The molecule has 0 aliphatic rings. The fourth-order valence-electron chi connectivity index (χ4n) is 1.70. The van der Waals surface area contributed by atoms with Crippen LogP contribution in [0.5, 0.6) is 0 Å². The van der Waals surface area contributed by atoms with Gasteiger partial charge in [0.25, 0.3) is 0 Å². The van der Waals surface area contributed by atoms with Gasteiger partial charge in [-0.25, -0.2) is 0 Å². The maximum Gasteiger partial charge on any atom is 0.237 e. The molecule has 3 nitrogen and oxygen atoms in total. The van der Waals surface area contributed by atoms with Crippen LogP contribution in [0.15, 0.2) is 29.2 Å². The van der Waals surface area contributed by atoms with Crippen molar-refractivity contribution in [2.75, 3.05) is 12.8 Å². The number of benzene rings is 1. The number of hydrogen-bond acceptors (Lipinski definition) is 3. The Morgan fingerprint density at radius 3 is 2.79 bits per heavy atom. The molecule has 0 saturated heterocycles. The van der Waals surface area contributed by atoms with Crippen LogP contribution in [-0.4, -0.2) is 24.2 Å². The fraction of sp³-hybridized carbons (Fsp3) is 0.500. The highest BCUT2D eigenvalue weighted by Crippen LogP contribution is 2.23. The number of likely N-dealkylation sites (N-methyl/N-ethyl adjacent to an activating group) is 1. The first-order chi connectivity index (χ1) is 8.98. The number of unbranched alkanes of at least 4 members (excludes halogenated alkanes) is 1. The van der Waals surface area contributed by atoms with Crippen LogP contribution in [0.25, 0.3) is 0 Å². The third kappa shape index (κ3) is 5.43. The summed E-state index contributed by atoms with van der Waals surface area (Å²) < 4.78 is 0. The Balaban J connectivity index is 2.26. The van der Waals surface area contributed by atoms with Gasteiger partial charge in [-0.05, 0) is 50.8 Å². The lowest BCUT2D eigenvalue weighted by molar-refractivity contribution is -0.123. The van der Waals surface area contributed by atoms with E-state index in [-0.39, 0.29) is 5.91 Å². The van der Waals surface area contributed by atoms with Gasteiger partial charge in [-0.2, -0.15) is 0 Å². The van der Waals surface area contributed by atoms with Crippen LogP contribution in [0.2, 0.25) is 5.02 Å². The summed E-state index contributed by atoms with van der Waals surface area (Å²) in [6.45, 7) is 1.85. The minimum Gasteiger partial charge on any atom is -0.368 e. The maximum absolute atomic E-state index is 11.3. The predicted molar refractivity (Wildman–Crippen MR) is 82.7 cm³/mol. The Morgan fingerprint density at radius 1 is 1.47 bits per heavy atom. The van der Waals surface area contributed by atoms with Gasteiger partial charge in [-0.1, -0.05) is 24.1 Å². The first-order valence-corrected chi connectivity index (χ1v) is 7.71. The highest BCUT2D eigenvalue weighted by atomic mass is 35.5. The summed E-state index contributed by atoms with van der Waals surface area (Å²) in [4.78, 5) is 12.5. The Labute approximate surface area is 124 Å². The zero-order chi connectivity index (χ0) is 14.3. The molecule has 0 bridgehead atoms. The summed E-state index contributed by atoms with van der Waals surface area (Å²) in [5, 5.41) is 3.76. The van der Waals surface area contributed by atoms with E-state index in [1.54, 1.807) is 18.8 Å². The van der Waals surface area contributed by atoms with E-state index in [4.69, 9.17) is 17.3 Å². The van der Waals surface area contributed by atoms with Gasteiger partial charge in [-0.3, -0.25) is 4.79 Å². The Bertz CT molecular complexity index is 428. The maximum atomic E-state index is 11.3. The van der Waals surface area contributed by atoms with E-state index in [9.17, 15) is 4.79 Å².